The van der Waals surface area contributed by atoms with Gasteiger partial charge in [0.05, 0.1) is 5.52 Å². The van der Waals surface area contributed by atoms with Crippen molar-refractivity contribution in [2.45, 2.75) is 20.3 Å². The number of hydrogen-bond donors (Lipinski definition) is 1. The molecular weight excluding hydrogens is 343 g/mol. The number of aromatic nitrogens is 3. The summed E-state index contributed by atoms with van der Waals surface area (Å²) in [5.41, 5.74) is 2.68. The van der Waals surface area contributed by atoms with E-state index in [0.29, 0.717) is 16.2 Å². The Bertz CT molecular complexity index is 865. The molecule has 24 heavy (non-hydrogen) atoms. The molecule has 0 saturated heterocycles. The second-order valence-electron chi connectivity index (χ2n) is 6.04. The van der Waals surface area contributed by atoms with Gasteiger partial charge in [-0.2, -0.15) is 0 Å². The molecule has 2 aromatic heterocycles. The second kappa shape index (κ2) is 7.32. The van der Waals surface area contributed by atoms with Crippen LogP contribution in [0, 0.1) is 5.92 Å². The lowest BCUT2D eigenvalue weighted by Gasteiger charge is -2.11. The number of benzene rings is 1. The summed E-state index contributed by atoms with van der Waals surface area (Å²) in [7, 11) is 0. The van der Waals surface area contributed by atoms with Crippen molar-refractivity contribution in [2.75, 3.05) is 11.9 Å². The van der Waals surface area contributed by atoms with Crippen LogP contribution in [0.5, 0.6) is 0 Å². The van der Waals surface area contributed by atoms with Crippen molar-refractivity contribution in [1.82, 2.24) is 15.0 Å². The fraction of sp³-hybridized carbons (Fsp3) is 0.278. The van der Waals surface area contributed by atoms with Gasteiger partial charge in [0.25, 0.3) is 0 Å². The molecule has 124 valence electrons. The van der Waals surface area contributed by atoms with E-state index in [0.717, 1.165) is 40.8 Å². The van der Waals surface area contributed by atoms with Gasteiger partial charge in [-0.15, -0.1) is 0 Å². The molecule has 0 atom stereocenters. The highest BCUT2D eigenvalue weighted by molar-refractivity contribution is 6.34. The highest BCUT2D eigenvalue weighted by Crippen LogP contribution is 2.31. The summed E-state index contributed by atoms with van der Waals surface area (Å²) in [5, 5.41) is 5.12. The smallest absolute Gasteiger partial charge is 0.138 e. The number of hydrogen-bond acceptors (Lipinski definition) is 4. The number of nitrogens with one attached hydrogen (secondary N) is 1. The van der Waals surface area contributed by atoms with E-state index in [1.54, 1.807) is 12.4 Å². The molecule has 0 aliphatic heterocycles. The van der Waals surface area contributed by atoms with Crippen LogP contribution in [0.4, 0.5) is 5.82 Å². The number of pyridine rings is 1. The van der Waals surface area contributed by atoms with E-state index >= 15 is 0 Å². The number of fused-ring (bicyclic) bond motifs is 1. The van der Waals surface area contributed by atoms with Gasteiger partial charge in [0, 0.05) is 17.5 Å². The molecule has 4 nitrogen and oxygen atoms in total. The normalized spacial score (nSPS) is 11.2. The molecule has 1 N–H and O–H groups in total. The Hall–Kier alpha value is -1.91. The third kappa shape index (κ3) is 3.77. The molecule has 0 bridgehead atoms. The Morgan fingerprint density at radius 1 is 1.08 bits per heavy atom. The lowest BCUT2D eigenvalue weighted by Crippen LogP contribution is -2.06. The van der Waals surface area contributed by atoms with Crippen LogP contribution in [0.3, 0.4) is 0 Å². The zero-order valence-corrected chi connectivity index (χ0v) is 15.1. The molecule has 1 aromatic carbocycles. The van der Waals surface area contributed by atoms with E-state index in [2.05, 4.69) is 34.1 Å². The SMILES string of the molecule is CC(C)CCNc1ncnc2ccc(-c3ccc(Cl)nc3Cl)cc12. The standard InChI is InChI=1S/C18H18Cl2N4/c1-11(2)7-8-21-18-14-9-12(3-5-15(14)22-10-23-18)13-4-6-16(19)24-17(13)20/h3-6,9-11H,7-8H2,1-2H3,(H,21,22,23). The molecule has 0 unspecified atom stereocenters. The van der Waals surface area contributed by atoms with E-state index < -0.39 is 0 Å². The van der Waals surface area contributed by atoms with Crippen molar-refractivity contribution in [2.24, 2.45) is 5.92 Å². The Balaban J connectivity index is 1.99. The molecule has 0 amide bonds. The Morgan fingerprint density at radius 3 is 2.67 bits per heavy atom. The zero-order chi connectivity index (χ0) is 17.1. The van der Waals surface area contributed by atoms with Gasteiger partial charge in [-0.05, 0) is 42.2 Å². The van der Waals surface area contributed by atoms with E-state index in [4.69, 9.17) is 23.2 Å². The summed E-state index contributed by atoms with van der Waals surface area (Å²) < 4.78 is 0. The number of anilines is 1. The van der Waals surface area contributed by atoms with Crippen molar-refractivity contribution < 1.29 is 0 Å². The Labute approximate surface area is 151 Å². The van der Waals surface area contributed by atoms with Gasteiger partial charge in [-0.25, -0.2) is 15.0 Å². The predicted octanol–water partition coefficient (Wildman–Crippen LogP) is 5.46. The third-order valence-corrected chi connectivity index (χ3v) is 4.27. The first-order valence-corrected chi connectivity index (χ1v) is 8.61. The van der Waals surface area contributed by atoms with Crippen molar-refractivity contribution in [1.29, 1.82) is 0 Å². The summed E-state index contributed by atoms with van der Waals surface area (Å²) in [5.74, 6) is 1.47. The van der Waals surface area contributed by atoms with Gasteiger partial charge >= 0.3 is 0 Å². The molecule has 6 heteroatoms. The van der Waals surface area contributed by atoms with E-state index in [1.165, 1.54) is 0 Å². The van der Waals surface area contributed by atoms with Crippen LogP contribution in [0.25, 0.3) is 22.0 Å². The molecule has 3 aromatic rings. The van der Waals surface area contributed by atoms with Gasteiger partial charge in [0.2, 0.25) is 0 Å². The van der Waals surface area contributed by atoms with Gasteiger partial charge in [0.15, 0.2) is 0 Å². The minimum Gasteiger partial charge on any atom is -0.369 e. The minimum absolute atomic E-state index is 0.379. The lowest BCUT2D eigenvalue weighted by atomic mass is 10.0. The summed E-state index contributed by atoms with van der Waals surface area (Å²) in [6, 6.07) is 9.57. The van der Waals surface area contributed by atoms with Crippen molar-refractivity contribution in [3.8, 4) is 11.1 Å². The van der Waals surface area contributed by atoms with Crippen LogP contribution in [-0.4, -0.2) is 21.5 Å². The molecule has 0 saturated carbocycles. The monoisotopic (exact) mass is 360 g/mol. The molecule has 3 rings (SSSR count). The largest absolute Gasteiger partial charge is 0.369 e. The van der Waals surface area contributed by atoms with E-state index in [9.17, 15) is 0 Å². The van der Waals surface area contributed by atoms with Gasteiger partial charge in [-0.1, -0.05) is 43.1 Å². The van der Waals surface area contributed by atoms with Gasteiger partial charge < -0.3 is 5.32 Å². The average Bonchev–Trinajstić information content (AvgIpc) is 2.54. The fourth-order valence-corrected chi connectivity index (χ4v) is 2.93. The first-order chi connectivity index (χ1) is 11.5. The van der Waals surface area contributed by atoms with Gasteiger partial charge in [0.1, 0.15) is 22.5 Å². The summed E-state index contributed by atoms with van der Waals surface area (Å²) in [6.45, 7) is 5.28. The third-order valence-electron chi connectivity index (χ3n) is 3.78. The highest BCUT2D eigenvalue weighted by atomic mass is 35.5. The first kappa shape index (κ1) is 16.9. The van der Waals surface area contributed by atoms with Crippen LogP contribution in [0.2, 0.25) is 10.3 Å². The maximum Gasteiger partial charge on any atom is 0.138 e. The molecule has 0 radical (unpaired) electrons. The fourth-order valence-electron chi connectivity index (χ4n) is 2.47. The van der Waals surface area contributed by atoms with E-state index in [1.807, 2.05) is 24.3 Å². The molecule has 0 aliphatic rings. The second-order valence-corrected chi connectivity index (χ2v) is 6.78. The first-order valence-electron chi connectivity index (χ1n) is 7.85. The summed E-state index contributed by atoms with van der Waals surface area (Å²) >= 11 is 12.1. The number of nitrogens with zero attached hydrogens (tertiary/aromatic N) is 3. The maximum absolute atomic E-state index is 6.23. The Kier molecular flexibility index (Phi) is 5.17. The van der Waals surface area contributed by atoms with Crippen molar-refractivity contribution in [3.63, 3.8) is 0 Å². The zero-order valence-electron chi connectivity index (χ0n) is 13.6. The molecule has 2 heterocycles. The molecular formula is C18H18Cl2N4. The van der Waals surface area contributed by atoms with E-state index in [-0.39, 0.29) is 0 Å². The highest BCUT2D eigenvalue weighted by Gasteiger charge is 2.09. The Morgan fingerprint density at radius 2 is 1.92 bits per heavy atom. The van der Waals surface area contributed by atoms with Crippen molar-refractivity contribution >= 4 is 39.9 Å². The van der Waals surface area contributed by atoms with Crippen LogP contribution >= 0.6 is 23.2 Å². The number of rotatable bonds is 5. The van der Waals surface area contributed by atoms with Crippen LogP contribution < -0.4 is 5.32 Å². The summed E-state index contributed by atoms with van der Waals surface area (Å²) in [6.07, 6.45) is 2.66. The predicted molar refractivity (Wildman–Crippen MR) is 101 cm³/mol. The van der Waals surface area contributed by atoms with Gasteiger partial charge in [-0.3, -0.25) is 0 Å². The number of halogens is 2. The average molecular weight is 361 g/mol. The topological polar surface area (TPSA) is 50.7 Å². The molecule has 0 fully saturated rings. The molecule has 0 aliphatic carbocycles. The molecule has 0 spiro atoms. The van der Waals surface area contributed by atoms with Crippen LogP contribution in [0.15, 0.2) is 36.7 Å². The quantitative estimate of drug-likeness (QED) is 0.614. The maximum atomic E-state index is 6.23. The summed E-state index contributed by atoms with van der Waals surface area (Å²) in [4.78, 5) is 12.8. The van der Waals surface area contributed by atoms with Crippen LogP contribution in [-0.2, 0) is 0 Å². The van der Waals surface area contributed by atoms with Crippen molar-refractivity contribution in [3.05, 3.63) is 47.0 Å². The van der Waals surface area contributed by atoms with Crippen LogP contribution in [0.1, 0.15) is 20.3 Å². The minimum atomic E-state index is 0.379. The lowest BCUT2D eigenvalue weighted by molar-refractivity contribution is 0.607.